The second-order valence-corrected chi connectivity index (χ2v) is 8.13. The summed E-state index contributed by atoms with van der Waals surface area (Å²) in [6.45, 7) is 5.05. The number of rotatable bonds is 2. The molecule has 3 heterocycles. The minimum Gasteiger partial charge on any atom is -0.342 e. The van der Waals surface area contributed by atoms with Crippen molar-refractivity contribution in [2.45, 2.75) is 39.0 Å². The highest BCUT2D eigenvalue weighted by atomic mass is 16.2. The Balaban J connectivity index is 1.48. The van der Waals surface area contributed by atoms with Crippen LogP contribution in [0.2, 0.25) is 0 Å². The average molecular weight is 367 g/mol. The van der Waals surface area contributed by atoms with Gasteiger partial charge in [0.15, 0.2) is 0 Å². The number of carbonyl (C=O) groups excluding carboxylic acids is 2. The fourth-order valence-corrected chi connectivity index (χ4v) is 4.53. The molecule has 2 aliphatic heterocycles. The predicted octanol–water partition coefficient (Wildman–Crippen LogP) is 3.35. The van der Waals surface area contributed by atoms with Gasteiger partial charge in [-0.2, -0.15) is 0 Å². The second kappa shape index (κ2) is 7.37. The Labute approximate surface area is 160 Å². The lowest BCUT2D eigenvalue weighted by atomic mass is 10.1. The Morgan fingerprint density at radius 2 is 1.70 bits per heavy atom. The third-order valence-electron chi connectivity index (χ3n) is 6.16. The number of benzene rings is 1. The van der Waals surface area contributed by atoms with E-state index in [4.69, 9.17) is 0 Å². The quantitative estimate of drug-likeness (QED) is 0.817. The van der Waals surface area contributed by atoms with Crippen LogP contribution in [0.3, 0.4) is 0 Å². The largest absolute Gasteiger partial charge is 0.342 e. The zero-order valence-electron chi connectivity index (χ0n) is 16.4. The Hall–Kier alpha value is -2.30. The number of nitrogens with zero attached hydrogens (tertiary/aromatic N) is 3. The molecule has 4 rings (SSSR count). The first kappa shape index (κ1) is 18.1. The molecule has 0 spiro atoms. The van der Waals surface area contributed by atoms with E-state index in [1.165, 1.54) is 18.4 Å². The number of aryl methyl sites for hydroxylation is 2. The van der Waals surface area contributed by atoms with Crippen LogP contribution in [-0.2, 0) is 11.8 Å². The first-order valence-electron chi connectivity index (χ1n) is 10.2. The molecular formula is C22H29N3O2. The third kappa shape index (κ3) is 3.47. The van der Waals surface area contributed by atoms with Crippen molar-refractivity contribution < 1.29 is 9.59 Å². The van der Waals surface area contributed by atoms with Crippen LogP contribution in [0.4, 0.5) is 0 Å². The number of fused-ring (bicyclic) bond motifs is 1. The first-order chi connectivity index (χ1) is 13.0. The topological polar surface area (TPSA) is 45.6 Å². The van der Waals surface area contributed by atoms with Crippen molar-refractivity contribution in [2.75, 3.05) is 26.2 Å². The highest BCUT2D eigenvalue weighted by Gasteiger charge is 2.34. The average Bonchev–Trinajstić information content (AvgIpc) is 3.16. The molecule has 1 aromatic heterocycles. The molecule has 2 saturated heterocycles. The van der Waals surface area contributed by atoms with Gasteiger partial charge in [-0.05, 0) is 44.4 Å². The molecule has 5 nitrogen and oxygen atoms in total. The maximum absolute atomic E-state index is 13.1. The summed E-state index contributed by atoms with van der Waals surface area (Å²) in [7, 11) is 1.95. The van der Waals surface area contributed by atoms with Gasteiger partial charge in [0, 0.05) is 44.1 Å². The highest BCUT2D eigenvalue weighted by molar-refractivity contribution is 5.99. The fraction of sp³-hybridized carbons (Fsp3) is 0.545. The highest BCUT2D eigenvalue weighted by Crippen LogP contribution is 2.25. The van der Waals surface area contributed by atoms with E-state index in [0.717, 1.165) is 43.3 Å². The minimum absolute atomic E-state index is 0.0380. The van der Waals surface area contributed by atoms with Crippen LogP contribution >= 0.6 is 0 Å². The van der Waals surface area contributed by atoms with Crippen molar-refractivity contribution in [1.29, 1.82) is 0 Å². The number of likely N-dealkylation sites (tertiary alicyclic amines) is 2. The van der Waals surface area contributed by atoms with Crippen molar-refractivity contribution in [3.63, 3.8) is 0 Å². The number of amides is 2. The molecule has 1 atom stereocenters. The molecule has 27 heavy (non-hydrogen) atoms. The molecule has 0 aliphatic carbocycles. The molecule has 1 unspecified atom stereocenters. The SMILES string of the molecule is Cc1ccc2c(c1)cc(C(=O)N1CCC(C(=O)N3CCCCCC3)C1)n2C. The molecule has 2 aromatic rings. The van der Waals surface area contributed by atoms with Gasteiger partial charge in [-0.15, -0.1) is 0 Å². The molecule has 2 aliphatic rings. The van der Waals surface area contributed by atoms with Crippen molar-refractivity contribution in [2.24, 2.45) is 13.0 Å². The van der Waals surface area contributed by atoms with Gasteiger partial charge < -0.3 is 14.4 Å². The van der Waals surface area contributed by atoms with Gasteiger partial charge in [-0.1, -0.05) is 24.5 Å². The summed E-state index contributed by atoms with van der Waals surface area (Å²) in [6, 6.07) is 8.23. The molecule has 0 saturated carbocycles. The van der Waals surface area contributed by atoms with E-state index in [9.17, 15) is 9.59 Å². The van der Waals surface area contributed by atoms with Gasteiger partial charge in [0.2, 0.25) is 5.91 Å². The van der Waals surface area contributed by atoms with E-state index < -0.39 is 0 Å². The molecule has 2 amide bonds. The van der Waals surface area contributed by atoms with Crippen LogP contribution in [0, 0.1) is 12.8 Å². The minimum atomic E-state index is -0.0380. The Kier molecular flexibility index (Phi) is 4.94. The third-order valence-corrected chi connectivity index (χ3v) is 6.16. The summed E-state index contributed by atoms with van der Waals surface area (Å²) in [6.07, 6.45) is 5.44. The van der Waals surface area contributed by atoms with Crippen LogP contribution in [0.25, 0.3) is 10.9 Å². The maximum atomic E-state index is 13.1. The van der Waals surface area contributed by atoms with Crippen LogP contribution in [0.1, 0.15) is 48.2 Å². The molecule has 5 heteroatoms. The number of carbonyl (C=O) groups is 2. The molecular weight excluding hydrogens is 338 g/mol. The normalized spacial score (nSPS) is 20.9. The van der Waals surface area contributed by atoms with Crippen LogP contribution < -0.4 is 0 Å². The van der Waals surface area contributed by atoms with E-state index >= 15 is 0 Å². The van der Waals surface area contributed by atoms with Crippen molar-refractivity contribution in [3.8, 4) is 0 Å². The lowest BCUT2D eigenvalue weighted by Gasteiger charge is -2.24. The molecule has 0 bridgehead atoms. The van der Waals surface area contributed by atoms with E-state index in [1.807, 2.05) is 27.5 Å². The summed E-state index contributed by atoms with van der Waals surface area (Å²) in [4.78, 5) is 29.9. The van der Waals surface area contributed by atoms with Gasteiger partial charge in [0.25, 0.3) is 5.91 Å². The molecule has 2 fully saturated rings. The number of hydrogen-bond acceptors (Lipinski definition) is 2. The summed E-state index contributed by atoms with van der Waals surface area (Å²) >= 11 is 0. The summed E-state index contributed by atoms with van der Waals surface area (Å²) in [5.41, 5.74) is 2.97. The van der Waals surface area contributed by atoms with Crippen LogP contribution in [0.15, 0.2) is 24.3 Å². The summed E-state index contributed by atoms with van der Waals surface area (Å²) < 4.78 is 1.97. The summed E-state index contributed by atoms with van der Waals surface area (Å²) in [5, 5.41) is 1.09. The first-order valence-corrected chi connectivity index (χ1v) is 10.2. The number of hydrogen-bond donors (Lipinski definition) is 0. The lowest BCUT2D eigenvalue weighted by molar-refractivity contribution is -0.135. The van der Waals surface area contributed by atoms with Crippen molar-refractivity contribution >= 4 is 22.7 Å². The smallest absolute Gasteiger partial charge is 0.270 e. The number of aromatic nitrogens is 1. The Morgan fingerprint density at radius 1 is 0.963 bits per heavy atom. The lowest BCUT2D eigenvalue weighted by Crippen LogP contribution is -2.39. The van der Waals surface area contributed by atoms with Crippen LogP contribution in [-0.4, -0.2) is 52.4 Å². The fourth-order valence-electron chi connectivity index (χ4n) is 4.53. The zero-order valence-corrected chi connectivity index (χ0v) is 16.4. The van der Waals surface area contributed by atoms with E-state index in [1.54, 1.807) is 0 Å². The molecule has 1 aromatic carbocycles. The summed E-state index contributed by atoms with van der Waals surface area (Å²) in [5.74, 6) is 0.251. The van der Waals surface area contributed by atoms with Crippen molar-refractivity contribution in [3.05, 3.63) is 35.5 Å². The van der Waals surface area contributed by atoms with Crippen molar-refractivity contribution in [1.82, 2.24) is 14.4 Å². The molecule has 144 valence electrons. The standard InChI is InChI=1S/C22H29N3O2/c1-16-7-8-19-18(13-16)14-20(23(19)2)22(27)25-12-9-17(15-25)21(26)24-10-5-3-4-6-11-24/h7-8,13-14,17H,3-6,9-12,15H2,1-2H3. The Morgan fingerprint density at radius 3 is 2.44 bits per heavy atom. The predicted molar refractivity (Wildman–Crippen MR) is 107 cm³/mol. The monoisotopic (exact) mass is 367 g/mol. The molecule has 0 radical (unpaired) electrons. The second-order valence-electron chi connectivity index (χ2n) is 8.13. The van der Waals surface area contributed by atoms with Gasteiger partial charge in [-0.25, -0.2) is 0 Å². The maximum Gasteiger partial charge on any atom is 0.270 e. The molecule has 0 N–H and O–H groups in total. The van der Waals surface area contributed by atoms with Gasteiger partial charge in [0.05, 0.1) is 5.92 Å². The van der Waals surface area contributed by atoms with Gasteiger partial charge in [0.1, 0.15) is 5.69 Å². The Bertz CT molecular complexity index is 862. The van der Waals surface area contributed by atoms with Crippen LogP contribution in [0.5, 0.6) is 0 Å². The zero-order chi connectivity index (χ0) is 19.0. The van der Waals surface area contributed by atoms with Gasteiger partial charge in [-0.3, -0.25) is 9.59 Å². The van der Waals surface area contributed by atoms with E-state index in [-0.39, 0.29) is 17.7 Å². The van der Waals surface area contributed by atoms with Gasteiger partial charge >= 0.3 is 0 Å². The van der Waals surface area contributed by atoms with E-state index in [0.29, 0.717) is 18.8 Å². The van der Waals surface area contributed by atoms with E-state index in [2.05, 4.69) is 25.1 Å².